The van der Waals surface area contributed by atoms with Crippen LogP contribution >= 0.6 is 23.2 Å². The van der Waals surface area contributed by atoms with Crippen molar-refractivity contribution < 1.29 is 26.9 Å². The average molecular weight is 584 g/mol. The number of aliphatic hydroxyl groups is 1. The molecule has 1 saturated carbocycles. The van der Waals surface area contributed by atoms with Gasteiger partial charge in [-0.15, -0.1) is 0 Å². The number of carbonyl (C=O) groups is 1. The van der Waals surface area contributed by atoms with Crippen molar-refractivity contribution in [3.63, 3.8) is 0 Å². The van der Waals surface area contributed by atoms with Crippen LogP contribution in [0, 0.1) is 6.92 Å². The molecule has 0 unspecified atom stereocenters. The third kappa shape index (κ3) is 6.48. The Morgan fingerprint density at radius 3 is 2.55 bits per heavy atom. The lowest BCUT2D eigenvalue weighted by Crippen LogP contribution is -2.45. The predicted octanol–water partition coefficient (Wildman–Crippen LogP) is 5.26. The van der Waals surface area contributed by atoms with Crippen molar-refractivity contribution in [3.05, 3.63) is 63.8 Å². The molecule has 1 aliphatic carbocycles. The van der Waals surface area contributed by atoms with Crippen LogP contribution < -0.4 is 9.50 Å². The largest absolute Gasteiger partial charge is 0.391 e. The van der Waals surface area contributed by atoms with Crippen LogP contribution in [0.1, 0.15) is 48.2 Å². The zero-order valence-electron chi connectivity index (χ0n) is 20.7. The maximum Gasteiger partial charge on any atom is 0.309 e. The zero-order valence-corrected chi connectivity index (χ0v) is 23.0. The first-order chi connectivity index (χ1) is 18.1. The SMILES string of the molecule is Cc1c(C(=O)N[C@H]2CCCC[C@H]2O)nn(-c2ccc(Cl)cc2Cl)c1-c1ccc(OS(=O)(=O)CCCF)cc1. The molecule has 204 valence electrons. The first kappa shape index (κ1) is 28.4. The van der Waals surface area contributed by atoms with Crippen LogP contribution in [0.5, 0.6) is 5.75 Å². The fraction of sp³-hybridized carbons (Fsp3) is 0.385. The van der Waals surface area contributed by atoms with Gasteiger partial charge in [0, 0.05) is 16.1 Å². The molecule has 2 aromatic carbocycles. The van der Waals surface area contributed by atoms with Crippen molar-refractivity contribution in [2.24, 2.45) is 0 Å². The number of aromatic nitrogens is 2. The Morgan fingerprint density at radius 2 is 1.89 bits per heavy atom. The number of hydrogen-bond acceptors (Lipinski definition) is 6. The van der Waals surface area contributed by atoms with Gasteiger partial charge >= 0.3 is 10.1 Å². The Labute approximate surface area is 230 Å². The molecule has 38 heavy (non-hydrogen) atoms. The molecular formula is C26H28Cl2FN3O5S. The summed E-state index contributed by atoms with van der Waals surface area (Å²) in [6, 6.07) is 10.8. The smallest absolute Gasteiger partial charge is 0.309 e. The minimum atomic E-state index is -3.93. The molecule has 0 radical (unpaired) electrons. The molecule has 12 heteroatoms. The van der Waals surface area contributed by atoms with Gasteiger partial charge in [-0.1, -0.05) is 36.0 Å². The molecule has 0 spiro atoms. The lowest BCUT2D eigenvalue weighted by molar-refractivity contribution is 0.0713. The first-order valence-electron chi connectivity index (χ1n) is 12.2. The molecule has 0 aliphatic heterocycles. The highest BCUT2D eigenvalue weighted by atomic mass is 35.5. The molecule has 2 atom stereocenters. The van der Waals surface area contributed by atoms with Gasteiger partial charge in [-0.25, -0.2) is 4.68 Å². The van der Waals surface area contributed by atoms with Crippen LogP contribution in [-0.4, -0.2) is 53.8 Å². The summed E-state index contributed by atoms with van der Waals surface area (Å²) < 4.78 is 43.1. The van der Waals surface area contributed by atoms with Crippen molar-refractivity contribution in [2.45, 2.75) is 51.2 Å². The third-order valence-electron chi connectivity index (χ3n) is 6.40. The van der Waals surface area contributed by atoms with Crippen molar-refractivity contribution in [1.82, 2.24) is 15.1 Å². The van der Waals surface area contributed by atoms with Crippen molar-refractivity contribution in [2.75, 3.05) is 12.4 Å². The summed E-state index contributed by atoms with van der Waals surface area (Å²) in [5.74, 6) is -0.775. The number of alkyl halides is 1. The number of amides is 1. The number of nitrogens with zero attached hydrogens (tertiary/aromatic N) is 2. The Balaban J connectivity index is 1.72. The normalized spacial score (nSPS) is 17.8. The molecular weight excluding hydrogens is 556 g/mol. The van der Waals surface area contributed by atoms with E-state index in [1.165, 1.54) is 16.8 Å². The fourth-order valence-electron chi connectivity index (χ4n) is 4.48. The Hall–Kier alpha value is -2.66. The van der Waals surface area contributed by atoms with E-state index in [0.717, 1.165) is 12.8 Å². The van der Waals surface area contributed by atoms with Crippen LogP contribution in [0.15, 0.2) is 42.5 Å². The Morgan fingerprint density at radius 1 is 1.18 bits per heavy atom. The molecule has 1 heterocycles. The Kier molecular flexibility index (Phi) is 8.97. The van der Waals surface area contributed by atoms with Gasteiger partial charge in [-0.3, -0.25) is 9.18 Å². The number of benzene rings is 2. The quantitative estimate of drug-likeness (QED) is 0.332. The van der Waals surface area contributed by atoms with E-state index in [0.29, 0.717) is 45.4 Å². The number of aliphatic hydroxyl groups excluding tert-OH is 1. The molecule has 1 fully saturated rings. The monoisotopic (exact) mass is 583 g/mol. The van der Waals surface area contributed by atoms with Crippen LogP contribution in [0.3, 0.4) is 0 Å². The number of nitrogens with one attached hydrogen (secondary N) is 1. The fourth-order valence-corrected chi connectivity index (χ4v) is 5.92. The number of hydrogen-bond donors (Lipinski definition) is 2. The van der Waals surface area contributed by atoms with Gasteiger partial charge in [0.25, 0.3) is 5.91 Å². The van der Waals surface area contributed by atoms with Crippen molar-refractivity contribution >= 4 is 39.2 Å². The molecule has 8 nitrogen and oxygen atoms in total. The first-order valence-corrected chi connectivity index (χ1v) is 14.6. The van der Waals surface area contributed by atoms with Crippen LogP contribution in [-0.2, 0) is 10.1 Å². The lowest BCUT2D eigenvalue weighted by Gasteiger charge is -2.28. The molecule has 4 rings (SSSR count). The second kappa shape index (κ2) is 12.0. The Bertz CT molecular complexity index is 1410. The van der Waals surface area contributed by atoms with Gasteiger partial charge in [0.1, 0.15) is 5.75 Å². The standard InChI is InChI=1S/C26H28Cl2FN3O5S/c1-16-24(26(34)30-21-5-2-3-6-23(21)33)31-32(22-12-9-18(27)15-20(22)28)25(16)17-7-10-19(11-8-17)37-38(35,36)14-4-13-29/h7-12,15,21,23,33H,2-6,13-14H2,1H3,(H,30,34)/t21-,23+/m0/s1. The molecule has 1 aliphatic rings. The summed E-state index contributed by atoms with van der Waals surface area (Å²) in [5.41, 5.74) is 2.38. The highest BCUT2D eigenvalue weighted by Gasteiger charge is 2.29. The molecule has 2 N–H and O–H groups in total. The lowest BCUT2D eigenvalue weighted by atomic mass is 9.92. The van der Waals surface area contributed by atoms with Crippen molar-refractivity contribution in [1.29, 1.82) is 0 Å². The summed E-state index contributed by atoms with van der Waals surface area (Å²) in [6.45, 7) is 0.994. The molecule has 1 amide bonds. The number of carbonyl (C=O) groups excluding carboxylic acids is 1. The summed E-state index contributed by atoms with van der Waals surface area (Å²) in [7, 11) is -3.93. The van der Waals surface area contributed by atoms with Gasteiger partial charge in [-0.05, 0) is 68.7 Å². The van der Waals surface area contributed by atoms with Crippen LogP contribution in [0.4, 0.5) is 4.39 Å². The second-order valence-corrected chi connectivity index (χ2v) is 11.7. The topological polar surface area (TPSA) is 111 Å². The van der Waals surface area contributed by atoms with Gasteiger partial charge in [0.05, 0.1) is 41.0 Å². The molecule has 0 bridgehead atoms. The van der Waals surface area contributed by atoms with E-state index in [2.05, 4.69) is 10.4 Å². The average Bonchev–Trinajstić information content (AvgIpc) is 3.21. The number of halogens is 3. The summed E-state index contributed by atoms with van der Waals surface area (Å²) in [5, 5.41) is 18.6. The highest BCUT2D eigenvalue weighted by molar-refractivity contribution is 7.87. The van der Waals surface area contributed by atoms with Crippen LogP contribution in [0.2, 0.25) is 10.0 Å². The van der Waals surface area contributed by atoms with E-state index in [-0.39, 0.29) is 23.9 Å². The van der Waals surface area contributed by atoms with E-state index in [4.69, 9.17) is 27.4 Å². The zero-order chi connectivity index (χ0) is 27.4. The second-order valence-electron chi connectivity index (χ2n) is 9.17. The van der Waals surface area contributed by atoms with Crippen molar-refractivity contribution in [3.8, 4) is 22.7 Å². The third-order valence-corrected chi connectivity index (χ3v) is 8.17. The molecule has 1 aromatic heterocycles. The molecule has 3 aromatic rings. The number of rotatable bonds is 9. The van der Waals surface area contributed by atoms with Gasteiger partial charge < -0.3 is 14.6 Å². The maximum atomic E-state index is 13.3. The van der Waals surface area contributed by atoms with Gasteiger partial charge in [0.2, 0.25) is 0 Å². The van der Waals surface area contributed by atoms with Gasteiger partial charge in [-0.2, -0.15) is 13.5 Å². The minimum Gasteiger partial charge on any atom is -0.391 e. The van der Waals surface area contributed by atoms with E-state index < -0.39 is 34.6 Å². The maximum absolute atomic E-state index is 13.3. The summed E-state index contributed by atoms with van der Waals surface area (Å²) in [4.78, 5) is 13.3. The van der Waals surface area contributed by atoms with E-state index >= 15 is 0 Å². The van der Waals surface area contributed by atoms with Crippen LogP contribution in [0.25, 0.3) is 16.9 Å². The van der Waals surface area contributed by atoms with E-state index in [1.807, 2.05) is 0 Å². The van der Waals surface area contributed by atoms with Gasteiger partial charge in [0.15, 0.2) is 5.69 Å². The highest BCUT2D eigenvalue weighted by Crippen LogP contribution is 2.34. The van der Waals surface area contributed by atoms with E-state index in [1.54, 1.807) is 37.3 Å². The summed E-state index contributed by atoms with van der Waals surface area (Å²) >= 11 is 12.6. The summed E-state index contributed by atoms with van der Waals surface area (Å²) in [6.07, 6.45) is 2.37. The molecule has 0 saturated heterocycles. The minimum absolute atomic E-state index is 0.0742. The predicted molar refractivity (Wildman–Crippen MR) is 144 cm³/mol. The van der Waals surface area contributed by atoms with E-state index in [9.17, 15) is 22.7 Å².